The van der Waals surface area contributed by atoms with Gasteiger partial charge in [0.1, 0.15) is 0 Å². The summed E-state index contributed by atoms with van der Waals surface area (Å²) in [6, 6.07) is 7.24. The van der Waals surface area contributed by atoms with E-state index >= 15 is 0 Å². The minimum Gasteiger partial charge on any atom is -0.172 e. The lowest BCUT2D eigenvalue weighted by Crippen LogP contribution is -2.15. The maximum atomic E-state index is 13.8. The summed E-state index contributed by atoms with van der Waals surface area (Å²) in [5.74, 6) is 0. The van der Waals surface area contributed by atoms with Crippen molar-refractivity contribution in [3.63, 3.8) is 0 Å². The predicted molar refractivity (Wildman–Crippen MR) is 103 cm³/mol. The number of benzene rings is 3. The van der Waals surface area contributed by atoms with Gasteiger partial charge in [-0.25, -0.2) is 0 Å². The third kappa shape index (κ3) is 5.88. The van der Waals surface area contributed by atoms with Gasteiger partial charge in [-0.15, -0.1) is 0 Å². The van der Waals surface area contributed by atoms with Crippen LogP contribution in [0.5, 0.6) is 0 Å². The van der Waals surface area contributed by atoms with Gasteiger partial charge in [-0.3, -0.25) is 0 Å². The molecule has 0 N–H and O–H groups in total. The molecular weight excluding hydrogens is 524 g/mol. The molecule has 0 aromatic heterocycles. The van der Waals surface area contributed by atoms with Gasteiger partial charge in [-0.2, -0.15) is 63.6 Å². The van der Waals surface area contributed by atoms with Crippen molar-refractivity contribution in [1.29, 1.82) is 0 Å². The molecule has 35 heavy (non-hydrogen) atoms. The molecule has 3 aromatic carbocycles. The Morgan fingerprint density at radius 2 is 0.800 bits per heavy atom. The smallest absolute Gasteiger partial charge is 0.172 e. The average molecular weight is 536 g/mol. The van der Waals surface area contributed by atoms with Crippen LogP contribution in [0.1, 0.15) is 22.3 Å². The highest BCUT2D eigenvalue weighted by atomic mass is 32.2. The van der Waals surface area contributed by atoms with Crippen LogP contribution in [0.2, 0.25) is 0 Å². The first-order chi connectivity index (χ1) is 15.9. The van der Waals surface area contributed by atoms with Crippen molar-refractivity contribution in [1.82, 2.24) is 0 Å². The molecule has 0 bridgehead atoms. The van der Waals surface area contributed by atoms with Crippen molar-refractivity contribution in [2.75, 3.05) is 0 Å². The van der Waals surface area contributed by atoms with E-state index in [1.165, 1.54) is 18.2 Å². The van der Waals surface area contributed by atoms with Crippen LogP contribution in [-0.2, 0) is 24.7 Å². The Morgan fingerprint density at radius 1 is 0.429 bits per heavy atom. The summed E-state index contributed by atoms with van der Waals surface area (Å²) in [7, 11) is -2.89. The maximum absolute atomic E-state index is 13.8. The Labute approximate surface area is 192 Å². The Morgan fingerprint density at radius 3 is 1.11 bits per heavy atom. The van der Waals surface area contributed by atoms with E-state index in [0.717, 1.165) is 12.1 Å². The van der Waals surface area contributed by atoms with Crippen molar-refractivity contribution >= 4 is 10.9 Å². The van der Waals surface area contributed by atoms with Crippen LogP contribution < -0.4 is 0 Å². The molecule has 0 nitrogen and oxygen atoms in total. The molecule has 13 heteroatoms. The van der Waals surface area contributed by atoms with Crippen molar-refractivity contribution in [2.24, 2.45) is 0 Å². The number of alkyl halides is 12. The van der Waals surface area contributed by atoms with Crippen LogP contribution >= 0.6 is 10.9 Å². The lowest BCUT2D eigenvalue weighted by Gasteiger charge is -2.30. The van der Waals surface area contributed by atoms with Crippen LogP contribution in [0, 0.1) is 0 Å². The van der Waals surface area contributed by atoms with E-state index in [-0.39, 0.29) is 17.0 Å². The maximum Gasteiger partial charge on any atom is 0.417 e. The molecule has 0 aliphatic heterocycles. The Hall–Kier alpha value is -2.83. The summed E-state index contributed by atoms with van der Waals surface area (Å²) in [5.41, 5.74) is -7.04. The Kier molecular flexibility index (Phi) is 6.88. The summed E-state index contributed by atoms with van der Waals surface area (Å²) in [5, 5.41) is 0. The van der Waals surface area contributed by atoms with E-state index in [9.17, 15) is 52.7 Å². The van der Waals surface area contributed by atoms with Gasteiger partial charge in [0.05, 0.1) is 22.3 Å². The summed E-state index contributed by atoms with van der Waals surface area (Å²) in [4.78, 5) is -1.98. The van der Waals surface area contributed by atoms with Gasteiger partial charge in [0.15, 0.2) is 0 Å². The standard InChI is InChI=1S/C22H12F12S/c23-19(24,25)12-6-8-17(15(10-12)21(29,30)31)35(14-4-2-1-3-5-14)18-9-7-13(20(26,27)28)11-16(18)22(32,33)34/h1-11,35H. The fraction of sp³-hybridized carbons (Fsp3) is 0.182. The van der Waals surface area contributed by atoms with Gasteiger partial charge < -0.3 is 0 Å². The molecule has 0 heterocycles. The number of rotatable bonds is 3. The lowest BCUT2D eigenvalue weighted by molar-refractivity contribution is -0.145. The van der Waals surface area contributed by atoms with E-state index < -0.39 is 67.6 Å². The minimum atomic E-state index is -5.41. The number of hydrogen-bond acceptors (Lipinski definition) is 0. The topological polar surface area (TPSA) is 0 Å². The Bertz CT molecular complexity index is 1110. The van der Waals surface area contributed by atoms with Crippen molar-refractivity contribution in [2.45, 2.75) is 39.4 Å². The van der Waals surface area contributed by atoms with Gasteiger partial charge >= 0.3 is 24.7 Å². The summed E-state index contributed by atoms with van der Waals surface area (Å²) >= 11 is 0. The molecule has 0 fully saturated rings. The highest BCUT2D eigenvalue weighted by molar-refractivity contribution is 8.17. The SMILES string of the molecule is FC(F)(F)c1ccc([SH](c2ccccc2)c2ccc(C(F)(F)F)cc2C(F)(F)F)c(C(F)(F)F)c1. The van der Waals surface area contributed by atoms with E-state index in [4.69, 9.17) is 0 Å². The molecule has 0 radical (unpaired) electrons. The van der Waals surface area contributed by atoms with E-state index in [0.29, 0.717) is 24.3 Å². The van der Waals surface area contributed by atoms with E-state index in [2.05, 4.69) is 0 Å². The van der Waals surface area contributed by atoms with Crippen molar-refractivity contribution < 1.29 is 52.7 Å². The predicted octanol–water partition coefficient (Wildman–Crippen LogP) is 9.24. The molecule has 0 saturated carbocycles. The molecule has 190 valence electrons. The normalized spacial score (nSPS) is 13.7. The van der Waals surface area contributed by atoms with Gasteiger partial charge in [-0.05, 0) is 53.4 Å². The average Bonchev–Trinajstić information content (AvgIpc) is 2.72. The summed E-state index contributed by atoms with van der Waals surface area (Å²) < 4.78 is 162. The number of thiol groups is 1. The molecule has 0 spiro atoms. The van der Waals surface area contributed by atoms with E-state index in [1.54, 1.807) is 0 Å². The molecule has 0 atom stereocenters. The molecule has 0 aliphatic rings. The van der Waals surface area contributed by atoms with Crippen LogP contribution in [0.25, 0.3) is 0 Å². The van der Waals surface area contributed by atoms with Crippen molar-refractivity contribution in [3.05, 3.63) is 89.0 Å². The zero-order chi connectivity index (χ0) is 26.4. The zero-order valence-electron chi connectivity index (χ0n) is 16.8. The van der Waals surface area contributed by atoms with Gasteiger partial charge in [-0.1, -0.05) is 18.2 Å². The second kappa shape index (κ2) is 8.99. The highest BCUT2D eigenvalue weighted by Crippen LogP contribution is 2.58. The minimum absolute atomic E-state index is 0.141. The van der Waals surface area contributed by atoms with Crippen LogP contribution in [0.3, 0.4) is 0 Å². The zero-order valence-corrected chi connectivity index (χ0v) is 17.7. The quantitative estimate of drug-likeness (QED) is 0.250. The molecule has 3 aromatic rings. The van der Waals surface area contributed by atoms with Gasteiger partial charge in [0.25, 0.3) is 0 Å². The van der Waals surface area contributed by atoms with Crippen molar-refractivity contribution in [3.8, 4) is 0 Å². The summed E-state index contributed by atoms with van der Waals surface area (Å²) in [6.07, 6.45) is -21.2. The molecular formula is C22H12F12S. The second-order valence-electron chi connectivity index (χ2n) is 7.13. The second-order valence-corrected chi connectivity index (χ2v) is 9.28. The first-order valence-corrected chi connectivity index (χ1v) is 10.7. The fourth-order valence-corrected chi connectivity index (χ4v) is 5.85. The first-order valence-electron chi connectivity index (χ1n) is 9.33. The largest absolute Gasteiger partial charge is 0.417 e. The third-order valence-corrected chi connectivity index (χ3v) is 7.31. The van der Waals surface area contributed by atoms with E-state index in [1.807, 2.05) is 0 Å². The monoisotopic (exact) mass is 536 g/mol. The molecule has 3 rings (SSSR count). The third-order valence-electron chi connectivity index (χ3n) is 4.75. The van der Waals surface area contributed by atoms with Crippen LogP contribution in [0.15, 0.2) is 81.4 Å². The lowest BCUT2D eigenvalue weighted by atomic mass is 10.1. The van der Waals surface area contributed by atoms with Crippen LogP contribution in [-0.4, -0.2) is 0 Å². The fourth-order valence-electron chi connectivity index (χ4n) is 3.25. The first kappa shape index (κ1) is 26.8. The number of hydrogen-bond donors (Lipinski definition) is 1. The van der Waals surface area contributed by atoms with Crippen LogP contribution in [0.4, 0.5) is 52.7 Å². The Balaban J connectivity index is 2.41. The number of halogens is 12. The summed E-state index contributed by atoms with van der Waals surface area (Å²) in [6.45, 7) is 0. The molecule has 0 unspecified atom stereocenters. The molecule has 0 aliphatic carbocycles. The van der Waals surface area contributed by atoms with Gasteiger partial charge in [0.2, 0.25) is 0 Å². The molecule has 0 amide bonds. The van der Waals surface area contributed by atoms with Gasteiger partial charge in [0, 0.05) is 9.79 Å². The molecule has 0 saturated heterocycles. The highest BCUT2D eigenvalue weighted by Gasteiger charge is 2.43.